The Morgan fingerprint density at radius 3 is 1.93 bits per heavy atom. The molecule has 234 valence electrons. The number of carbonyl (C=O) groups is 3. The molecule has 0 aliphatic rings. The van der Waals surface area contributed by atoms with E-state index < -0.39 is 34.8 Å². The minimum absolute atomic E-state index is 0.00926. The summed E-state index contributed by atoms with van der Waals surface area (Å²) in [6.07, 6.45) is 2.94. The molecule has 2 heterocycles. The van der Waals surface area contributed by atoms with Gasteiger partial charge in [-0.1, -0.05) is 6.08 Å². The largest absolute Gasteiger partial charge is 0.493 e. The van der Waals surface area contributed by atoms with Crippen LogP contribution >= 0.6 is 22.7 Å². The van der Waals surface area contributed by atoms with Crippen molar-refractivity contribution in [3.05, 3.63) is 51.7 Å². The summed E-state index contributed by atoms with van der Waals surface area (Å²) in [6.45, 7) is 2.90. The highest BCUT2D eigenvalue weighted by atomic mass is 32.1. The summed E-state index contributed by atoms with van der Waals surface area (Å²) in [5, 5.41) is 18.6. The molecule has 0 atom stereocenters. The van der Waals surface area contributed by atoms with E-state index in [-0.39, 0.29) is 65.7 Å². The third-order valence-electron chi connectivity index (χ3n) is 6.64. The van der Waals surface area contributed by atoms with Crippen molar-refractivity contribution in [2.75, 3.05) is 27.4 Å². The average molecular weight is 649 g/mol. The van der Waals surface area contributed by atoms with Gasteiger partial charge in [0, 0.05) is 50.0 Å². The molecule has 0 amide bonds. The number of ether oxygens (including phenoxy) is 4. The molecule has 0 spiro atoms. The molecular weight excluding hydrogens is 618 g/mol. The fraction of sp³-hybridized carbons (Fsp3) is 0.323. The number of ketones is 1. The summed E-state index contributed by atoms with van der Waals surface area (Å²) in [4.78, 5) is 35.8. The predicted octanol–water partition coefficient (Wildman–Crippen LogP) is 7.43. The molecule has 2 aromatic carbocycles. The van der Waals surface area contributed by atoms with Crippen molar-refractivity contribution in [3.63, 3.8) is 0 Å². The summed E-state index contributed by atoms with van der Waals surface area (Å²) in [7, 11) is 2.74. The molecular formula is C31H30F2O9S2. The van der Waals surface area contributed by atoms with Crippen molar-refractivity contribution in [2.45, 2.75) is 33.1 Å². The predicted molar refractivity (Wildman–Crippen MR) is 164 cm³/mol. The van der Waals surface area contributed by atoms with E-state index in [4.69, 9.17) is 24.1 Å². The first-order valence-electron chi connectivity index (χ1n) is 13.4. The highest BCUT2D eigenvalue weighted by molar-refractivity contribution is 7.21. The van der Waals surface area contributed by atoms with Gasteiger partial charge in [0.15, 0.2) is 40.4 Å². The molecule has 13 heteroatoms. The maximum Gasteiger partial charge on any atom is 0.309 e. The Kier molecular flexibility index (Phi) is 10.1. The summed E-state index contributed by atoms with van der Waals surface area (Å²) in [5.41, 5.74) is -1.27. The molecule has 2 aromatic heterocycles. The number of fused-ring (bicyclic) bond motifs is 2. The number of hydrogen-bond acceptors (Lipinski definition) is 9. The molecule has 0 aliphatic heterocycles. The Bertz CT molecular complexity index is 1750. The zero-order chi connectivity index (χ0) is 32.2. The standard InChI is InChI=1S/C31H30F2O9S2/c1-31(2,30(37)38)15-19(34)24-12-18-23(44-24)14-21(40-4)29(27(18)33)42-10-6-9-41-28-20(39-3)13-22-17(26(28)32)11-16(43-22)7-5-8-25(35)36/h5,7,11-14H,6,8-10,15H2,1-4H3,(H,35,36)(H,37,38)/b7-5+. The Balaban J connectivity index is 1.44. The van der Waals surface area contributed by atoms with Gasteiger partial charge in [-0.2, -0.15) is 0 Å². The molecule has 44 heavy (non-hydrogen) atoms. The van der Waals surface area contributed by atoms with Gasteiger partial charge in [-0.25, -0.2) is 8.78 Å². The summed E-state index contributed by atoms with van der Waals surface area (Å²) in [5.74, 6) is -3.78. The molecule has 0 fully saturated rings. The van der Waals surface area contributed by atoms with Gasteiger partial charge in [-0.15, -0.1) is 22.7 Å². The number of thiophene rings is 2. The maximum atomic E-state index is 15.5. The average Bonchev–Trinajstić information content (AvgIpc) is 3.58. The van der Waals surface area contributed by atoms with E-state index in [2.05, 4.69) is 0 Å². The summed E-state index contributed by atoms with van der Waals surface area (Å²) in [6, 6.07) is 6.18. The molecule has 0 aliphatic carbocycles. The number of hydrogen-bond donors (Lipinski definition) is 2. The summed E-state index contributed by atoms with van der Waals surface area (Å²) < 4.78 is 54.0. The molecule has 2 N–H and O–H groups in total. The van der Waals surface area contributed by atoms with Crippen LogP contribution in [0.25, 0.3) is 26.2 Å². The number of aliphatic carboxylic acids is 2. The molecule has 0 radical (unpaired) electrons. The number of halogens is 2. The van der Waals surface area contributed by atoms with Crippen molar-refractivity contribution < 1.29 is 52.3 Å². The molecule has 0 saturated heterocycles. The van der Waals surface area contributed by atoms with E-state index in [1.54, 1.807) is 24.3 Å². The van der Waals surface area contributed by atoms with Crippen LogP contribution in [0.4, 0.5) is 8.78 Å². The van der Waals surface area contributed by atoms with Gasteiger partial charge in [-0.3, -0.25) is 14.4 Å². The van der Waals surface area contributed by atoms with Crippen molar-refractivity contribution in [3.8, 4) is 23.0 Å². The van der Waals surface area contributed by atoms with E-state index in [1.807, 2.05) is 0 Å². The molecule has 4 rings (SSSR count). The third kappa shape index (κ3) is 7.11. The van der Waals surface area contributed by atoms with Gasteiger partial charge in [0.1, 0.15) is 0 Å². The van der Waals surface area contributed by atoms with Crippen molar-refractivity contribution in [1.29, 1.82) is 0 Å². The van der Waals surface area contributed by atoms with Crippen LogP contribution in [-0.4, -0.2) is 55.4 Å². The molecule has 0 bridgehead atoms. The molecule has 9 nitrogen and oxygen atoms in total. The Labute approximate surface area is 259 Å². The smallest absolute Gasteiger partial charge is 0.309 e. The van der Waals surface area contributed by atoms with Crippen LogP contribution in [0.3, 0.4) is 0 Å². The number of carboxylic acids is 2. The van der Waals surface area contributed by atoms with E-state index in [9.17, 15) is 19.5 Å². The lowest BCUT2D eigenvalue weighted by Gasteiger charge is -2.16. The highest BCUT2D eigenvalue weighted by Gasteiger charge is 2.31. The maximum absolute atomic E-state index is 15.5. The van der Waals surface area contributed by atoms with Gasteiger partial charge in [0.2, 0.25) is 0 Å². The third-order valence-corrected chi connectivity index (χ3v) is 8.81. The Morgan fingerprint density at radius 1 is 0.864 bits per heavy atom. The van der Waals surface area contributed by atoms with Crippen molar-refractivity contribution in [2.24, 2.45) is 5.41 Å². The number of benzene rings is 2. The lowest BCUT2D eigenvalue weighted by atomic mass is 9.87. The van der Waals surface area contributed by atoms with Gasteiger partial charge in [0.05, 0.1) is 44.1 Å². The zero-order valence-corrected chi connectivity index (χ0v) is 26.0. The zero-order valence-electron chi connectivity index (χ0n) is 24.3. The van der Waals surface area contributed by atoms with E-state index in [0.29, 0.717) is 19.7 Å². The lowest BCUT2D eigenvalue weighted by Crippen LogP contribution is -2.26. The van der Waals surface area contributed by atoms with Crippen LogP contribution in [-0.2, 0) is 9.59 Å². The highest BCUT2D eigenvalue weighted by Crippen LogP contribution is 2.42. The van der Waals surface area contributed by atoms with Gasteiger partial charge in [0.25, 0.3) is 0 Å². The van der Waals surface area contributed by atoms with Crippen LogP contribution in [0.5, 0.6) is 23.0 Å². The second-order valence-electron chi connectivity index (χ2n) is 10.4. The van der Waals surface area contributed by atoms with Crippen molar-refractivity contribution in [1.82, 2.24) is 0 Å². The molecule has 4 aromatic rings. The van der Waals surface area contributed by atoms with Crippen LogP contribution in [0, 0.1) is 17.0 Å². The van der Waals surface area contributed by atoms with Gasteiger partial charge < -0.3 is 29.2 Å². The number of carboxylic acid groups (broad SMARTS) is 2. The van der Waals surface area contributed by atoms with Crippen LogP contribution in [0.2, 0.25) is 0 Å². The van der Waals surface area contributed by atoms with E-state index >= 15 is 8.78 Å². The number of Topliss-reactive ketones (excluding diaryl/α,β-unsaturated/α-hetero) is 1. The Hall–Kier alpha value is -4.23. The van der Waals surface area contributed by atoms with E-state index in [1.165, 1.54) is 51.5 Å². The minimum atomic E-state index is -1.27. The minimum Gasteiger partial charge on any atom is -0.493 e. The normalized spacial score (nSPS) is 11.8. The van der Waals surface area contributed by atoms with E-state index in [0.717, 1.165) is 11.3 Å². The number of carbonyl (C=O) groups excluding carboxylic acids is 1. The Morgan fingerprint density at radius 2 is 1.41 bits per heavy atom. The molecule has 0 saturated carbocycles. The molecule has 0 unspecified atom stereocenters. The topological polar surface area (TPSA) is 129 Å². The first kappa shape index (κ1) is 32.7. The van der Waals surface area contributed by atoms with Crippen LogP contribution < -0.4 is 18.9 Å². The quantitative estimate of drug-likeness (QED) is 0.0999. The number of methoxy groups -OCH3 is 2. The monoisotopic (exact) mass is 648 g/mol. The van der Waals surface area contributed by atoms with Crippen LogP contribution in [0.15, 0.2) is 30.3 Å². The second-order valence-corrected chi connectivity index (χ2v) is 12.6. The summed E-state index contributed by atoms with van der Waals surface area (Å²) >= 11 is 2.32. The SMILES string of the molecule is COc1cc2sc(/C=C/CC(=O)O)cc2c(F)c1OCCCOc1c(OC)cc2sc(C(=O)CC(C)(C)C(=O)O)cc2c1F. The van der Waals surface area contributed by atoms with Gasteiger partial charge >= 0.3 is 11.9 Å². The lowest BCUT2D eigenvalue weighted by molar-refractivity contribution is -0.146. The fourth-order valence-corrected chi connectivity index (χ4v) is 6.30. The van der Waals surface area contributed by atoms with Crippen molar-refractivity contribution >= 4 is 66.6 Å². The van der Waals surface area contributed by atoms with Crippen LogP contribution in [0.1, 0.15) is 47.7 Å². The first-order chi connectivity index (χ1) is 20.9. The fourth-order valence-electron chi connectivity index (χ4n) is 4.26. The van der Waals surface area contributed by atoms with Gasteiger partial charge in [-0.05, 0) is 32.1 Å². The second kappa shape index (κ2) is 13.6. The number of rotatable bonds is 15. The first-order valence-corrected chi connectivity index (χ1v) is 15.0.